The quantitative estimate of drug-likeness (QED) is 0.300. The number of ketones is 1. The van der Waals surface area contributed by atoms with Crippen LogP contribution < -0.4 is 14.4 Å². The zero-order chi connectivity index (χ0) is 27.2. The molecule has 0 aliphatic heterocycles. The molecule has 0 aliphatic rings. The topological polar surface area (TPSA) is 92.8 Å². The van der Waals surface area contributed by atoms with E-state index in [4.69, 9.17) is 4.74 Å². The van der Waals surface area contributed by atoms with E-state index in [0.717, 1.165) is 12.0 Å². The highest BCUT2D eigenvalue weighted by Crippen LogP contribution is 2.24. The number of ether oxygens (including phenoxy) is 1. The third kappa shape index (κ3) is 7.92. The van der Waals surface area contributed by atoms with Crippen molar-refractivity contribution < 1.29 is 22.7 Å². The van der Waals surface area contributed by atoms with Gasteiger partial charge >= 0.3 is 0 Å². The van der Waals surface area contributed by atoms with Crippen LogP contribution in [-0.2, 0) is 22.0 Å². The monoisotopic (exact) mass is 522 g/mol. The van der Waals surface area contributed by atoms with Crippen molar-refractivity contribution in [2.24, 2.45) is 0 Å². The molecule has 0 unspecified atom stereocenters. The molecule has 196 valence electrons. The SMILES string of the molecule is CC(=O)c1cccc(N(Cc2ccc(C(=O)NCCOc3ccc(C(C)(C)C)cc3)cc2)S(C)(=O)=O)c1. The Bertz CT molecular complexity index is 1340. The number of carbonyl (C=O) groups excluding carboxylic acids is 2. The molecule has 3 aromatic carbocycles. The number of hydrogen-bond acceptors (Lipinski definition) is 5. The summed E-state index contributed by atoms with van der Waals surface area (Å²) in [5.41, 5.74) is 3.31. The summed E-state index contributed by atoms with van der Waals surface area (Å²) >= 11 is 0. The first kappa shape index (κ1) is 27.9. The number of hydrogen-bond donors (Lipinski definition) is 1. The van der Waals surface area contributed by atoms with Gasteiger partial charge in [-0.25, -0.2) is 8.42 Å². The third-order valence-corrected chi connectivity index (χ3v) is 7.00. The summed E-state index contributed by atoms with van der Waals surface area (Å²) in [7, 11) is -3.60. The van der Waals surface area contributed by atoms with Crippen molar-refractivity contribution >= 4 is 27.4 Å². The Morgan fingerprint density at radius 2 is 1.57 bits per heavy atom. The van der Waals surface area contributed by atoms with Gasteiger partial charge in [0.15, 0.2) is 5.78 Å². The summed E-state index contributed by atoms with van der Waals surface area (Å²) in [4.78, 5) is 24.2. The lowest BCUT2D eigenvalue weighted by molar-refractivity contribution is 0.0946. The first-order valence-corrected chi connectivity index (χ1v) is 13.9. The lowest BCUT2D eigenvalue weighted by Crippen LogP contribution is -2.30. The second-order valence-electron chi connectivity index (χ2n) is 9.95. The number of sulfonamides is 1. The van der Waals surface area contributed by atoms with E-state index in [1.54, 1.807) is 48.5 Å². The molecule has 3 aromatic rings. The highest BCUT2D eigenvalue weighted by Gasteiger charge is 2.19. The van der Waals surface area contributed by atoms with Crippen LogP contribution in [0.1, 0.15) is 59.5 Å². The molecule has 0 spiro atoms. The molecular formula is C29H34N2O5S. The summed E-state index contributed by atoms with van der Waals surface area (Å²) in [6, 6.07) is 21.2. The van der Waals surface area contributed by atoms with E-state index >= 15 is 0 Å². The van der Waals surface area contributed by atoms with Crippen LogP contribution in [0.25, 0.3) is 0 Å². The zero-order valence-corrected chi connectivity index (χ0v) is 22.8. The van der Waals surface area contributed by atoms with Gasteiger partial charge in [0.05, 0.1) is 25.0 Å². The number of nitrogens with zero attached hydrogens (tertiary/aromatic N) is 1. The molecule has 3 rings (SSSR count). The van der Waals surface area contributed by atoms with Gasteiger partial charge in [-0.3, -0.25) is 13.9 Å². The fourth-order valence-electron chi connectivity index (χ4n) is 3.69. The summed E-state index contributed by atoms with van der Waals surface area (Å²) < 4.78 is 31.9. The van der Waals surface area contributed by atoms with Crippen molar-refractivity contribution in [3.63, 3.8) is 0 Å². The van der Waals surface area contributed by atoms with Crippen LogP contribution in [0.4, 0.5) is 5.69 Å². The van der Waals surface area contributed by atoms with Crippen LogP contribution in [0, 0.1) is 0 Å². The van der Waals surface area contributed by atoms with Crippen LogP contribution in [0.15, 0.2) is 72.8 Å². The lowest BCUT2D eigenvalue weighted by Gasteiger charge is -2.23. The molecule has 0 radical (unpaired) electrons. The van der Waals surface area contributed by atoms with Crippen LogP contribution in [-0.4, -0.2) is 39.5 Å². The van der Waals surface area contributed by atoms with E-state index in [-0.39, 0.29) is 23.7 Å². The minimum Gasteiger partial charge on any atom is -0.492 e. The Morgan fingerprint density at radius 1 is 0.919 bits per heavy atom. The Hall–Kier alpha value is -3.65. The van der Waals surface area contributed by atoms with E-state index in [9.17, 15) is 18.0 Å². The average Bonchev–Trinajstić information content (AvgIpc) is 2.84. The van der Waals surface area contributed by atoms with Gasteiger partial charge in [-0.05, 0) is 59.9 Å². The van der Waals surface area contributed by atoms with E-state index in [1.165, 1.54) is 16.8 Å². The Labute approximate surface area is 219 Å². The van der Waals surface area contributed by atoms with Crippen molar-refractivity contribution in [3.05, 3.63) is 95.1 Å². The lowest BCUT2D eigenvalue weighted by atomic mass is 9.87. The van der Waals surface area contributed by atoms with Gasteiger partial charge in [0.1, 0.15) is 12.4 Å². The fourth-order valence-corrected chi connectivity index (χ4v) is 4.57. The molecule has 0 fully saturated rings. The van der Waals surface area contributed by atoms with Gasteiger partial charge in [-0.2, -0.15) is 0 Å². The molecule has 0 saturated heterocycles. The smallest absolute Gasteiger partial charge is 0.251 e. The molecule has 0 saturated carbocycles. The molecular weight excluding hydrogens is 488 g/mol. The van der Waals surface area contributed by atoms with Crippen molar-refractivity contribution in [1.29, 1.82) is 0 Å². The zero-order valence-electron chi connectivity index (χ0n) is 21.9. The largest absolute Gasteiger partial charge is 0.492 e. The molecule has 1 N–H and O–H groups in total. The van der Waals surface area contributed by atoms with Gasteiger partial charge in [0.2, 0.25) is 10.0 Å². The highest BCUT2D eigenvalue weighted by molar-refractivity contribution is 7.92. The minimum atomic E-state index is -3.60. The molecule has 0 bridgehead atoms. The summed E-state index contributed by atoms with van der Waals surface area (Å²) in [5.74, 6) is 0.359. The number of amides is 1. The highest BCUT2D eigenvalue weighted by atomic mass is 32.2. The van der Waals surface area contributed by atoms with Gasteiger partial charge in [0.25, 0.3) is 5.91 Å². The van der Waals surface area contributed by atoms with E-state index in [2.05, 4.69) is 26.1 Å². The fraction of sp³-hybridized carbons (Fsp3) is 0.310. The van der Waals surface area contributed by atoms with Gasteiger partial charge in [0, 0.05) is 11.1 Å². The molecule has 0 aliphatic carbocycles. The Kier molecular flexibility index (Phi) is 8.76. The predicted molar refractivity (Wildman–Crippen MR) is 147 cm³/mol. The number of Topliss-reactive ketones (excluding diaryl/α,β-unsaturated/α-hetero) is 1. The summed E-state index contributed by atoms with van der Waals surface area (Å²) in [5, 5.41) is 2.83. The molecule has 7 nitrogen and oxygen atoms in total. The van der Waals surface area contributed by atoms with Crippen molar-refractivity contribution in [2.45, 2.75) is 39.7 Å². The van der Waals surface area contributed by atoms with E-state index in [1.807, 2.05) is 24.3 Å². The number of carbonyl (C=O) groups is 2. The first-order chi connectivity index (χ1) is 17.3. The number of anilines is 1. The van der Waals surface area contributed by atoms with Crippen molar-refractivity contribution in [1.82, 2.24) is 5.32 Å². The molecule has 0 atom stereocenters. The summed E-state index contributed by atoms with van der Waals surface area (Å²) in [6.07, 6.45) is 1.12. The van der Waals surface area contributed by atoms with Gasteiger partial charge in [-0.15, -0.1) is 0 Å². The van der Waals surface area contributed by atoms with Gasteiger partial charge < -0.3 is 10.1 Å². The predicted octanol–water partition coefficient (Wildman–Crippen LogP) is 4.96. The maximum Gasteiger partial charge on any atom is 0.251 e. The van der Waals surface area contributed by atoms with E-state index < -0.39 is 10.0 Å². The van der Waals surface area contributed by atoms with Crippen LogP contribution >= 0.6 is 0 Å². The number of benzene rings is 3. The van der Waals surface area contributed by atoms with Crippen LogP contribution in [0.5, 0.6) is 5.75 Å². The molecule has 0 heterocycles. The number of nitrogens with one attached hydrogen (secondary N) is 1. The minimum absolute atomic E-state index is 0.0733. The summed E-state index contributed by atoms with van der Waals surface area (Å²) in [6.45, 7) is 8.65. The standard InChI is InChI=1S/C29H34N2O5S/c1-21(32)24-7-6-8-26(19-24)31(37(5,34)35)20-22-9-11-23(12-10-22)28(33)30-17-18-36-27-15-13-25(14-16-27)29(2,3)4/h6-16,19H,17-18,20H2,1-5H3,(H,30,33). The van der Waals surface area contributed by atoms with Crippen molar-refractivity contribution in [2.75, 3.05) is 23.7 Å². The maximum absolute atomic E-state index is 12.5. The average molecular weight is 523 g/mol. The van der Waals surface area contributed by atoms with Crippen LogP contribution in [0.3, 0.4) is 0 Å². The molecule has 0 aromatic heterocycles. The molecule has 1 amide bonds. The number of rotatable bonds is 10. The molecule has 8 heteroatoms. The van der Waals surface area contributed by atoms with Gasteiger partial charge in [-0.1, -0.05) is 57.2 Å². The third-order valence-electron chi connectivity index (χ3n) is 5.86. The van der Waals surface area contributed by atoms with E-state index in [0.29, 0.717) is 35.5 Å². The Morgan fingerprint density at radius 3 is 2.14 bits per heavy atom. The van der Waals surface area contributed by atoms with Crippen molar-refractivity contribution in [3.8, 4) is 5.75 Å². The molecule has 37 heavy (non-hydrogen) atoms. The first-order valence-electron chi connectivity index (χ1n) is 12.0. The second kappa shape index (κ2) is 11.6. The van der Waals surface area contributed by atoms with Crippen LogP contribution in [0.2, 0.25) is 0 Å². The Balaban J connectivity index is 1.57. The maximum atomic E-state index is 12.5. The second-order valence-corrected chi connectivity index (χ2v) is 11.9. The normalized spacial score (nSPS) is 11.6.